The van der Waals surface area contributed by atoms with Gasteiger partial charge in [-0.25, -0.2) is 4.39 Å². The van der Waals surface area contributed by atoms with E-state index in [1.807, 2.05) is 24.0 Å². The van der Waals surface area contributed by atoms with Crippen molar-refractivity contribution in [2.24, 2.45) is 42.6 Å². The minimum absolute atomic E-state index is 0.00134. The van der Waals surface area contributed by atoms with Crippen molar-refractivity contribution in [3.05, 3.63) is 18.0 Å². The molecule has 220 valence electrons. The van der Waals surface area contributed by atoms with Crippen LogP contribution in [0.2, 0.25) is 0 Å². The van der Waals surface area contributed by atoms with E-state index in [4.69, 9.17) is 10.1 Å². The summed E-state index contributed by atoms with van der Waals surface area (Å²) in [5, 5.41) is 15.5. The van der Waals surface area contributed by atoms with Gasteiger partial charge in [0.15, 0.2) is 0 Å². The number of carbonyl (C=O) groups is 1. The normalized spacial score (nSPS) is 36.6. The Kier molecular flexibility index (Phi) is 9.11. The van der Waals surface area contributed by atoms with Crippen molar-refractivity contribution < 1.29 is 22.7 Å². The second-order valence-corrected chi connectivity index (χ2v) is 13.0. The van der Waals surface area contributed by atoms with Crippen molar-refractivity contribution in [1.82, 2.24) is 19.8 Å². The highest BCUT2D eigenvalue weighted by Gasteiger charge is 2.45. The van der Waals surface area contributed by atoms with Crippen LogP contribution in [0, 0.1) is 40.9 Å². The first-order chi connectivity index (χ1) is 18.7. The number of ether oxygens (including phenoxy) is 1. The Balaban J connectivity index is 1.34. The van der Waals surface area contributed by atoms with E-state index in [0.717, 1.165) is 38.6 Å². The zero-order valence-corrected chi connectivity index (χ0v) is 23.3. The lowest BCUT2D eigenvalue weighted by Crippen LogP contribution is -2.55. The highest BCUT2D eigenvalue weighted by Crippen LogP contribution is 2.45. The molecule has 1 saturated heterocycles. The summed E-state index contributed by atoms with van der Waals surface area (Å²) in [4.78, 5) is 13.9. The fraction of sp³-hybridized carbons (Fsp3) is 0.862. The number of aromatic nitrogens is 2. The first-order valence-corrected chi connectivity index (χ1v) is 15.1. The van der Waals surface area contributed by atoms with Gasteiger partial charge in [0.25, 0.3) is 0 Å². The monoisotopic (exact) mass is 553 g/mol. The Morgan fingerprint density at radius 3 is 2.59 bits per heavy atom. The van der Waals surface area contributed by atoms with Crippen molar-refractivity contribution in [2.45, 2.75) is 109 Å². The summed E-state index contributed by atoms with van der Waals surface area (Å²) >= 11 is 0. The number of alkyl halides is 3. The molecule has 1 aliphatic heterocycles. The number of rotatable bonds is 9. The van der Waals surface area contributed by atoms with Crippen LogP contribution in [0.4, 0.5) is 13.2 Å². The molecule has 39 heavy (non-hydrogen) atoms. The van der Waals surface area contributed by atoms with Crippen molar-refractivity contribution in [1.29, 1.82) is 5.41 Å². The molecule has 3 aliphatic carbocycles. The molecule has 0 radical (unpaired) electrons. The molecule has 4 fully saturated rings. The molecule has 0 bridgehead atoms. The highest BCUT2D eigenvalue weighted by molar-refractivity contribution is 5.79. The van der Waals surface area contributed by atoms with Crippen LogP contribution in [0.5, 0.6) is 0 Å². The van der Waals surface area contributed by atoms with Crippen LogP contribution in [0.1, 0.15) is 71.1 Å². The molecule has 5 rings (SSSR count). The average Bonchev–Trinajstić information content (AvgIpc) is 3.69. The van der Waals surface area contributed by atoms with Crippen molar-refractivity contribution >= 4 is 5.91 Å². The molecule has 9 unspecified atom stereocenters. The molecule has 3 N–H and O–H groups in total. The van der Waals surface area contributed by atoms with Crippen LogP contribution in [-0.4, -0.2) is 52.6 Å². The number of nitrogens with one attached hydrogen (secondary N) is 3. The summed E-state index contributed by atoms with van der Waals surface area (Å²) < 4.78 is 49.4. The summed E-state index contributed by atoms with van der Waals surface area (Å²) in [5.41, 5.74) is 0.390. The lowest BCUT2D eigenvalue weighted by atomic mass is 9.65. The van der Waals surface area contributed by atoms with Crippen LogP contribution in [-0.2, 0) is 23.1 Å². The van der Waals surface area contributed by atoms with Gasteiger partial charge in [-0.1, -0.05) is 6.92 Å². The molecule has 3 saturated carbocycles. The Morgan fingerprint density at radius 1 is 1.13 bits per heavy atom. The molecule has 1 amide bonds. The fourth-order valence-electron chi connectivity index (χ4n) is 7.79. The molecule has 9 atom stereocenters. The second kappa shape index (κ2) is 12.4. The van der Waals surface area contributed by atoms with Gasteiger partial charge in [0.05, 0.1) is 6.10 Å². The maximum atomic E-state index is 14.2. The van der Waals surface area contributed by atoms with Gasteiger partial charge < -0.3 is 24.5 Å². The smallest absolute Gasteiger partial charge is 0.345 e. The molecule has 0 aromatic carbocycles. The van der Waals surface area contributed by atoms with Gasteiger partial charge in [0.1, 0.15) is 6.17 Å². The van der Waals surface area contributed by atoms with E-state index in [1.165, 1.54) is 0 Å². The van der Waals surface area contributed by atoms with E-state index in [1.54, 1.807) is 4.57 Å². The predicted octanol–water partition coefficient (Wildman–Crippen LogP) is 4.37. The third-order valence-corrected chi connectivity index (χ3v) is 9.98. The number of piperidine rings is 1. The highest BCUT2D eigenvalue weighted by atomic mass is 19.3. The average molecular weight is 554 g/mol. The summed E-state index contributed by atoms with van der Waals surface area (Å²) in [6.45, 7) is 0.927. The Morgan fingerprint density at radius 2 is 1.92 bits per heavy atom. The number of halogens is 3. The molecule has 7 nitrogen and oxygen atoms in total. The van der Waals surface area contributed by atoms with Gasteiger partial charge in [-0.2, -0.15) is 8.78 Å². The number of hydrogen-bond acceptors (Lipinski definition) is 4. The van der Waals surface area contributed by atoms with Crippen LogP contribution in [0.25, 0.3) is 0 Å². The van der Waals surface area contributed by atoms with Gasteiger partial charge in [0.2, 0.25) is 11.5 Å². The van der Waals surface area contributed by atoms with Crippen LogP contribution in [0.3, 0.4) is 0 Å². The standard InChI is InChI=1S/C29H46F3N5O2/c1-17-7-8-34-24(11-17)26(19-3-4-19)35-27(38)21-13-18(16-37-10-9-36(2)29(37)33)12-20(14-21)23-6-5-22(30)15-25(23)39-28(31)32/h9-10,17-26,28,33-34H,3-8,11-16H2,1-2H3,(H,35,38). The SMILES string of the molecule is CC1CCNC(C(NC(=O)C2CC(Cn3ccn(C)c3=N)CC(C3CCC(F)CC3OC(F)F)C2)C2CC2)C1. The quantitative estimate of drug-likeness (QED) is 0.425. The summed E-state index contributed by atoms with van der Waals surface area (Å²) in [7, 11) is 1.83. The number of imidazole rings is 1. The number of carbonyl (C=O) groups excluding carboxylic acids is 1. The van der Waals surface area contributed by atoms with Crippen LogP contribution < -0.4 is 16.3 Å². The Hall–Kier alpha value is -1.81. The number of nitrogens with zero attached hydrogens (tertiary/aromatic N) is 2. The van der Waals surface area contributed by atoms with Gasteiger partial charge in [-0.15, -0.1) is 0 Å². The van der Waals surface area contributed by atoms with Crippen molar-refractivity contribution in [3.8, 4) is 0 Å². The Labute approximate surface area is 229 Å². The van der Waals surface area contributed by atoms with E-state index in [-0.39, 0.29) is 48.1 Å². The predicted molar refractivity (Wildman–Crippen MR) is 142 cm³/mol. The van der Waals surface area contributed by atoms with Crippen LogP contribution >= 0.6 is 0 Å². The maximum Gasteiger partial charge on any atom is 0.345 e. The first-order valence-electron chi connectivity index (χ1n) is 15.1. The number of amides is 1. The second-order valence-electron chi connectivity index (χ2n) is 13.0. The van der Waals surface area contributed by atoms with Gasteiger partial charge in [-0.05, 0) is 93.9 Å². The largest absolute Gasteiger partial charge is 0.351 e. The first kappa shape index (κ1) is 28.7. The number of hydrogen-bond donors (Lipinski definition) is 3. The van der Waals surface area contributed by atoms with E-state index < -0.39 is 18.9 Å². The molecule has 1 aromatic heterocycles. The molecule has 1 aromatic rings. The maximum absolute atomic E-state index is 14.2. The van der Waals surface area contributed by atoms with Gasteiger partial charge in [0, 0.05) is 50.4 Å². The van der Waals surface area contributed by atoms with Crippen LogP contribution in [0.15, 0.2) is 12.4 Å². The zero-order chi connectivity index (χ0) is 27.7. The molecule has 0 spiro atoms. The summed E-state index contributed by atoms with van der Waals surface area (Å²) in [5.74, 6) is 0.917. The fourth-order valence-corrected chi connectivity index (χ4v) is 7.79. The molecular weight excluding hydrogens is 507 g/mol. The molecule has 4 aliphatic rings. The van der Waals surface area contributed by atoms with Crippen molar-refractivity contribution in [3.63, 3.8) is 0 Å². The lowest BCUT2D eigenvalue weighted by molar-refractivity contribution is -0.196. The van der Waals surface area contributed by atoms with E-state index in [0.29, 0.717) is 49.7 Å². The molecular formula is C29H46F3N5O2. The van der Waals surface area contributed by atoms with E-state index >= 15 is 0 Å². The molecule has 2 heterocycles. The van der Waals surface area contributed by atoms with Crippen molar-refractivity contribution in [2.75, 3.05) is 6.54 Å². The Bertz CT molecular complexity index is 1020. The zero-order valence-electron chi connectivity index (χ0n) is 23.3. The molecule has 10 heteroatoms. The lowest BCUT2D eigenvalue weighted by Gasteiger charge is -2.44. The topological polar surface area (TPSA) is 84.1 Å². The van der Waals surface area contributed by atoms with E-state index in [2.05, 4.69) is 17.6 Å². The third-order valence-electron chi connectivity index (χ3n) is 9.98. The summed E-state index contributed by atoms with van der Waals surface area (Å²) in [6, 6.07) is 0.411. The summed E-state index contributed by atoms with van der Waals surface area (Å²) in [6.07, 6.45) is 9.22. The van der Waals surface area contributed by atoms with E-state index in [9.17, 15) is 18.0 Å². The van der Waals surface area contributed by atoms with Gasteiger partial charge >= 0.3 is 6.61 Å². The number of aryl methyl sites for hydroxylation is 1. The third kappa shape index (κ3) is 7.10. The van der Waals surface area contributed by atoms with Gasteiger partial charge in [-0.3, -0.25) is 10.2 Å². The minimum Gasteiger partial charge on any atom is -0.351 e. The minimum atomic E-state index is -2.93.